The fourth-order valence-electron chi connectivity index (χ4n) is 3.60. The lowest BCUT2D eigenvalue weighted by atomic mass is 10.1. The number of fused-ring (bicyclic) bond motifs is 1. The zero-order valence-corrected chi connectivity index (χ0v) is 22.7. The summed E-state index contributed by atoms with van der Waals surface area (Å²) in [5.41, 5.74) is 6.58. The molecular weight excluding hydrogens is 542 g/mol. The Kier molecular flexibility index (Phi) is 8.03. The third kappa shape index (κ3) is 5.65. The smallest absolute Gasteiger partial charge is 0.396 e. The molecule has 0 bridgehead atoms. The number of nitrogen functional groups attached to an aromatic ring is 1. The summed E-state index contributed by atoms with van der Waals surface area (Å²) in [5, 5.41) is 0.0646. The number of nitrogens with two attached hydrogens (primary N) is 1. The van der Waals surface area contributed by atoms with Crippen molar-refractivity contribution >= 4 is 35.4 Å². The van der Waals surface area contributed by atoms with Gasteiger partial charge in [0.1, 0.15) is 11.9 Å². The maximum absolute atomic E-state index is 14.1. The molecule has 14 heteroatoms. The van der Waals surface area contributed by atoms with Gasteiger partial charge >= 0.3 is 20.8 Å². The van der Waals surface area contributed by atoms with Crippen molar-refractivity contribution in [2.24, 2.45) is 0 Å². The normalized spacial score (nSPS) is 13.7. The summed E-state index contributed by atoms with van der Waals surface area (Å²) in [4.78, 5) is 12.9. The summed E-state index contributed by atoms with van der Waals surface area (Å²) < 4.78 is 72.8. The van der Waals surface area contributed by atoms with E-state index in [0.29, 0.717) is 24.3 Å². The Bertz CT molecular complexity index is 1490. The van der Waals surface area contributed by atoms with Crippen molar-refractivity contribution in [2.75, 3.05) is 25.2 Å². The molecule has 38 heavy (non-hydrogen) atoms. The number of hydrogen-bond donors (Lipinski definition) is 1. The van der Waals surface area contributed by atoms with E-state index in [2.05, 4.69) is 15.0 Å². The Morgan fingerprint density at radius 1 is 1.08 bits per heavy atom. The molecule has 1 unspecified atom stereocenters. The van der Waals surface area contributed by atoms with E-state index >= 15 is 0 Å². The number of pyridine rings is 1. The SMILES string of the molecule is CCOP(OCC)Oc1ncc(N)c(-c2cn([S+](C)(=O)c3ccc(C)cc3)c3ncc(C(F)(F)F)cc23)n1. The number of nitrogens with zero attached hydrogens (tertiary/aromatic N) is 4. The van der Waals surface area contributed by atoms with Crippen LogP contribution in [0.3, 0.4) is 0 Å². The monoisotopic (exact) mass is 568 g/mol. The van der Waals surface area contributed by atoms with Crippen LogP contribution in [0.4, 0.5) is 18.9 Å². The first kappa shape index (κ1) is 27.9. The molecule has 0 saturated heterocycles. The van der Waals surface area contributed by atoms with Crippen LogP contribution in [-0.4, -0.2) is 38.4 Å². The summed E-state index contributed by atoms with van der Waals surface area (Å²) in [7, 11) is -4.81. The predicted octanol–water partition coefficient (Wildman–Crippen LogP) is 6.03. The fraction of sp³-hybridized carbons (Fsp3) is 0.292. The second-order valence-corrected chi connectivity index (χ2v) is 11.8. The molecule has 0 aliphatic carbocycles. The van der Waals surface area contributed by atoms with Gasteiger partial charge in [0.05, 0.1) is 36.9 Å². The molecule has 0 aliphatic rings. The summed E-state index contributed by atoms with van der Waals surface area (Å²) in [6.07, 6.45) is 0.270. The average molecular weight is 569 g/mol. The number of rotatable bonds is 9. The quantitative estimate of drug-likeness (QED) is 0.192. The standard InChI is InChI=1S/C24H26F3N5O4PS/c1-5-34-37(35-6-2)36-23-30-13-20(28)21(31-23)19-14-32(38(4,33)17-9-7-15(3)8-10-17)22-18(19)11-16(12-29-22)24(25,26)27/h7-14H,5-6,28H2,1-4H3/q+1. The second-order valence-electron chi connectivity index (χ2n) is 8.18. The van der Waals surface area contributed by atoms with Gasteiger partial charge in [-0.05, 0) is 39.0 Å². The molecule has 9 nitrogen and oxygen atoms in total. The van der Waals surface area contributed by atoms with Crippen molar-refractivity contribution in [1.29, 1.82) is 0 Å². The molecule has 0 radical (unpaired) electrons. The first-order chi connectivity index (χ1) is 18.0. The molecule has 2 N–H and O–H groups in total. The molecule has 0 fully saturated rings. The van der Waals surface area contributed by atoms with Gasteiger partial charge in [-0.1, -0.05) is 21.9 Å². The van der Waals surface area contributed by atoms with E-state index in [1.165, 1.54) is 22.6 Å². The molecule has 0 aliphatic heterocycles. The molecular formula is C24H26F3N5O4PS+. The Hall–Kier alpha value is -3.12. The van der Waals surface area contributed by atoms with Crippen LogP contribution in [0.15, 0.2) is 53.8 Å². The largest absolute Gasteiger partial charge is 0.417 e. The van der Waals surface area contributed by atoms with Crippen molar-refractivity contribution in [1.82, 2.24) is 18.9 Å². The molecule has 4 rings (SSSR count). The van der Waals surface area contributed by atoms with Gasteiger partial charge in [-0.25, -0.2) is 9.97 Å². The Morgan fingerprint density at radius 2 is 1.74 bits per heavy atom. The van der Waals surface area contributed by atoms with E-state index in [9.17, 15) is 17.4 Å². The second kappa shape index (κ2) is 10.9. The lowest BCUT2D eigenvalue weighted by Crippen LogP contribution is -2.19. The van der Waals surface area contributed by atoms with Crippen molar-refractivity contribution in [2.45, 2.75) is 31.8 Å². The number of hydrogen-bond acceptors (Lipinski definition) is 8. The van der Waals surface area contributed by atoms with E-state index in [0.717, 1.165) is 11.6 Å². The predicted molar refractivity (Wildman–Crippen MR) is 140 cm³/mol. The number of aryl methyl sites for hydroxylation is 1. The van der Waals surface area contributed by atoms with Crippen LogP contribution in [-0.2, 0) is 29.6 Å². The van der Waals surface area contributed by atoms with Crippen LogP contribution < -0.4 is 10.3 Å². The maximum Gasteiger partial charge on any atom is 0.417 e. The Balaban J connectivity index is 1.92. The minimum absolute atomic E-state index is 0.0646. The zero-order chi connectivity index (χ0) is 27.7. The van der Waals surface area contributed by atoms with Crippen molar-refractivity contribution in [3.63, 3.8) is 0 Å². The minimum Gasteiger partial charge on any atom is -0.396 e. The van der Waals surface area contributed by atoms with Gasteiger partial charge in [-0.2, -0.15) is 18.2 Å². The summed E-state index contributed by atoms with van der Waals surface area (Å²) in [5.74, 6) is 0. The van der Waals surface area contributed by atoms with Gasteiger partial charge < -0.3 is 19.3 Å². The van der Waals surface area contributed by atoms with Crippen molar-refractivity contribution in [3.8, 4) is 17.3 Å². The first-order valence-corrected chi connectivity index (χ1v) is 14.5. The summed E-state index contributed by atoms with van der Waals surface area (Å²) in [6, 6.07) is 7.83. The highest BCUT2D eigenvalue weighted by Gasteiger charge is 2.36. The van der Waals surface area contributed by atoms with Gasteiger partial charge in [0, 0.05) is 17.1 Å². The van der Waals surface area contributed by atoms with Gasteiger partial charge in [0.15, 0.2) is 10.5 Å². The molecule has 1 aromatic carbocycles. The fourth-order valence-corrected chi connectivity index (χ4v) is 6.07. The highest BCUT2D eigenvalue weighted by molar-refractivity contribution is 8.01. The molecule has 4 aromatic rings. The third-order valence-corrected chi connectivity index (χ3v) is 8.87. The molecule has 202 valence electrons. The van der Waals surface area contributed by atoms with E-state index in [1.54, 1.807) is 38.1 Å². The van der Waals surface area contributed by atoms with E-state index in [-0.39, 0.29) is 34.0 Å². The number of alkyl halides is 3. The van der Waals surface area contributed by atoms with Crippen LogP contribution in [0.25, 0.3) is 22.3 Å². The maximum atomic E-state index is 14.1. The van der Waals surface area contributed by atoms with Gasteiger partial charge in [0.25, 0.3) is 0 Å². The van der Waals surface area contributed by atoms with Gasteiger partial charge in [-0.3, -0.25) is 0 Å². The minimum atomic E-state index is -4.65. The van der Waals surface area contributed by atoms with Crippen molar-refractivity contribution < 1.29 is 31.0 Å². The van der Waals surface area contributed by atoms with Gasteiger partial charge in [-0.15, -0.1) is 3.97 Å². The number of aromatic nitrogens is 4. The van der Waals surface area contributed by atoms with Crippen molar-refractivity contribution in [3.05, 3.63) is 60.0 Å². The number of anilines is 1. The molecule has 1 atom stereocenters. The van der Waals surface area contributed by atoms with E-state index < -0.39 is 30.5 Å². The molecule has 3 aromatic heterocycles. The Labute approximate surface area is 219 Å². The highest BCUT2D eigenvalue weighted by Crippen LogP contribution is 2.42. The topological polar surface area (TPSA) is 114 Å². The van der Waals surface area contributed by atoms with Crippen LogP contribution >= 0.6 is 8.60 Å². The lowest BCUT2D eigenvalue weighted by Gasteiger charge is -2.14. The molecule has 0 spiro atoms. The number of halogens is 3. The number of benzene rings is 1. The Morgan fingerprint density at radius 3 is 2.34 bits per heavy atom. The summed E-state index contributed by atoms with van der Waals surface area (Å²) >= 11 is 0. The van der Waals surface area contributed by atoms with Crippen LogP contribution in [0.2, 0.25) is 0 Å². The van der Waals surface area contributed by atoms with Crippen LogP contribution in [0.5, 0.6) is 6.01 Å². The highest BCUT2D eigenvalue weighted by atomic mass is 32.3. The van der Waals surface area contributed by atoms with E-state index in [1.807, 2.05) is 6.92 Å². The molecule has 0 amide bonds. The lowest BCUT2D eigenvalue weighted by molar-refractivity contribution is -0.137. The zero-order valence-electron chi connectivity index (χ0n) is 21.0. The van der Waals surface area contributed by atoms with Crippen LogP contribution in [0, 0.1) is 6.92 Å². The third-order valence-electron chi connectivity index (χ3n) is 5.45. The summed E-state index contributed by atoms with van der Waals surface area (Å²) in [6.45, 7) is 6.06. The first-order valence-electron chi connectivity index (χ1n) is 11.5. The average Bonchev–Trinajstić information content (AvgIpc) is 3.25. The van der Waals surface area contributed by atoms with Gasteiger partial charge in [0.2, 0.25) is 10.1 Å². The molecule has 3 heterocycles. The van der Waals surface area contributed by atoms with E-state index in [4.69, 9.17) is 19.3 Å². The molecule has 0 saturated carbocycles. The van der Waals surface area contributed by atoms with Crippen LogP contribution in [0.1, 0.15) is 25.0 Å².